The maximum atomic E-state index is 13.3. The van der Waals surface area contributed by atoms with Crippen molar-refractivity contribution in [2.24, 2.45) is 11.7 Å². The first kappa shape index (κ1) is 23.1. The number of pyridine rings is 1. The number of hydrogen-bond acceptors (Lipinski definition) is 4. The van der Waals surface area contributed by atoms with Crippen molar-refractivity contribution in [2.45, 2.75) is 63.5 Å². The molecule has 180 valence electrons. The van der Waals surface area contributed by atoms with Gasteiger partial charge in [0.15, 0.2) is 0 Å². The van der Waals surface area contributed by atoms with Crippen LogP contribution in [-0.4, -0.2) is 45.9 Å². The molecule has 3 N–H and O–H groups in total. The molecular weight excluding hydrogens is 422 g/mol. The zero-order valence-electron chi connectivity index (χ0n) is 20.0. The fourth-order valence-corrected chi connectivity index (χ4v) is 5.75. The SMILES string of the molecule is N[C@@H]1CCN(Cc2cn3c(C(=O)NCC(CC4CCCCC4)c4ccccc4)cccc3n2)C1. The van der Waals surface area contributed by atoms with Gasteiger partial charge in [0, 0.05) is 44.3 Å². The molecule has 1 saturated carbocycles. The van der Waals surface area contributed by atoms with Crippen molar-refractivity contribution >= 4 is 11.6 Å². The maximum Gasteiger partial charge on any atom is 0.268 e. The standard InChI is InChI=1S/C28H37N5O/c29-24-14-15-32(18-24)19-25-20-33-26(12-7-13-27(33)31-25)28(34)30-17-23(22-10-5-2-6-11-22)16-21-8-3-1-4-9-21/h2,5-7,10-13,20-21,23-24H,1,3-4,8-9,14-19,29H2,(H,30,34)/t23?,24-/m1/s1. The Morgan fingerprint density at radius 2 is 1.88 bits per heavy atom. The Labute approximate surface area is 202 Å². The third-order valence-electron chi connectivity index (χ3n) is 7.59. The fourth-order valence-electron chi connectivity index (χ4n) is 5.75. The molecule has 0 bridgehead atoms. The van der Waals surface area contributed by atoms with Gasteiger partial charge in [0.25, 0.3) is 5.91 Å². The molecule has 2 aromatic heterocycles. The first-order chi connectivity index (χ1) is 16.7. The predicted molar refractivity (Wildman–Crippen MR) is 136 cm³/mol. The van der Waals surface area contributed by atoms with Crippen LogP contribution < -0.4 is 11.1 Å². The van der Waals surface area contributed by atoms with Crippen molar-refractivity contribution in [3.63, 3.8) is 0 Å². The lowest BCUT2D eigenvalue weighted by molar-refractivity contribution is 0.0943. The molecule has 1 aromatic carbocycles. The molecule has 1 unspecified atom stereocenters. The summed E-state index contributed by atoms with van der Waals surface area (Å²) in [4.78, 5) is 20.4. The van der Waals surface area contributed by atoms with Crippen LogP contribution in [0.4, 0.5) is 0 Å². The fraction of sp³-hybridized carbons (Fsp3) is 0.500. The van der Waals surface area contributed by atoms with E-state index in [1.165, 1.54) is 37.7 Å². The Morgan fingerprint density at radius 3 is 2.65 bits per heavy atom. The topological polar surface area (TPSA) is 75.7 Å². The zero-order valence-corrected chi connectivity index (χ0v) is 20.0. The number of nitrogens with zero attached hydrogens (tertiary/aromatic N) is 3. The van der Waals surface area contributed by atoms with E-state index < -0.39 is 0 Å². The highest BCUT2D eigenvalue weighted by molar-refractivity contribution is 5.93. The van der Waals surface area contributed by atoms with Crippen molar-refractivity contribution in [3.05, 3.63) is 71.7 Å². The van der Waals surface area contributed by atoms with Crippen molar-refractivity contribution in [1.29, 1.82) is 0 Å². The van der Waals surface area contributed by atoms with Gasteiger partial charge in [0.05, 0.1) is 5.69 Å². The molecule has 1 aliphatic carbocycles. The molecule has 0 radical (unpaired) electrons. The van der Waals surface area contributed by atoms with E-state index in [4.69, 9.17) is 10.7 Å². The van der Waals surface area contributed by atoms with Crippen LogP contribution >= 0.6 is 0 Å². The quantitative estimate of drug-likeness (QED) is 0.525. The van der Waals surface area contributed by atoms with E-state index in [1.807, 2.05) is 28.8 Å². The maximum absolute atomic E-state index is 13.3. The van der Waals surface area contributed by atoms with Gasteiger partial charge < -0.3 is 11.1 Å². The number of benzene rings is 1. The Kier molecular flexibility index (Phi) is 7.26. The van der Waals surface area contributed by atoms with Crippen molar-refractivity contribution in [2.75, 3.05) is 19.6 Å². The van der Waals surface area contributed by atoms with E-state index in [9.17, 15) is 4.79 Å². The normalized spacial score (nSPS) is 20.6. The van der Waals surface area contributed by atoms with Gasteiger partial charge in [-0.05, 0) is 36.5 Å². The number of aromatic nitrogens is 2. The summed E-state index contributed by atoms with van der Waals surface area (Å²) >= 11 is 0. The second kappa shape index (κ2) is 10.7. The lowest BCUT2D eigenvalue weighted by atomic mass is 9.80. The van der Waals surface area contributed by atoms with E-state index in [2.05, 4.69) is 40.5 Å². The molecule has 1 saturated heterocycles. The second-order valence-electron chi connectivity index (χ2n) is 10.2. The highest BCUT2D eigenvalue weighted by Crippen LogP contribution is 2.33. The number of imidazole rings is 1. The van der Waals surface area contributed by atoms with Crippen molar-refractivity contribution < 1.29 is 4.79 Å². The minimum Gasteiger partial charge on any atom is -0.350 e. The zero-order chi connectivity index (χ0) is 23.3. The summed E-state index contributed by atoms with van der Waals surface area (Å²) in [5.41, 5.74) is 9.81. The Morgan fingerprint density at radius 1 is 1.06 bits per heavy atom. The molecule has 1 amide bonds. The number of fused-ring (bicyclic) bond motifs is 1. The monoisotopic (exact) mass is 459 g/mol. The van der Waals surface area contributed by atoms with E-state index in [-0.39, 0.29) is 11.9 Å². The average molecular weight is 460 g/mol. The number of rotatable bonds is 8. The summed E-state index contributed by atoms with van der Waals surface area (Å²) < 4.78 is 1.93. The molecule has 5 rings (SSSR count). The van der Waals surface area contributed by atoms with Crippen molar-refractivity contribution in [3.8, 4) is 0 Å². The minimum atomic E-state index is -0.0395. The Hall–Kier alpha value is -2.70. The Bertz CT molecular complexity index is 1090. The lowest BCUT2D eigenvalue weighted by Gasteiger charge is -2.27. The predicted octanol–water partition coefficient (Wildman–Crippen LogP) is 4.35. The molecule has 2 aliphatic rings. The molecule has 0 spiro atoms. The van der Waals surface area contributed by atoms with Gasteiger partial charge in [0.1, 0.15) is 11.3 Å². The summed E-state index contributed by atoms with van der Waals surface area (Å²) in [6.45, 7) is 3.34. The van der Waals surface area contributed by atoms with Crippen LogP contribution in [0, 0.1) is 5.92 Å². The summed E-state index contributed by atoms with van der Waals surface area (Å²) in [6, 6.07) is 16.7. The smallest absolute Gasteiger partial charge is 0.268 e. The van der Waals surface area contributed by atoms with Gasteiger partial charge in [-0.1, -0.05) is 68.5 Å². The molecule has 1 aliphatic heterocycles. The summed E-state index contributed by atoms with van der Waals surface area (Å²) in [5, 5.41) is 3.25. The molecule has 6 heteroatoms. The molecular formula is C28H37N5O. The number of amides is 1. The minimum absolute atomic E-state index is 0.0395. The van der Waals surface area contributed by atoms with Gasteiger partial charge in [0.2, 0.25) is 0 Å². The van der Waals surface area contributed by atoms with Crippen LogP contribution in [0.5, 0.6) is 0 Å². The van der Waals surface area contributed by atoms with Crippen LogP contribution in [0.1, 0.15) is 72.6 Å². The van der Waals surface area contributed by atoms with Gasteiger partial charge in [-0.25, -0.2) is 4.98 Å². The van der Waals surface area contributed by atoms with Gasteiger partial charge in [-0.3, -0.25) is 14.1 Å². The number of nitrogens with one attached hydrogen (secondary N) is 1. The number of carbonyl (C=O) groups is 1. The van der Waals surface area contributed by atoms with Crippen molar-refractivity contribution in [1.82, 2.24) is 19.6 Å². The highest BCUT2D eigenvalue weighted by atomic mass is 16.1. The molecule has 3 aromatic rings. The van der Waals surface area contributed by atoms with Gasteiger partial charge in [-0.15, -0.1) is 0 Å². The van der Waals surface area contributed by atoms with Crippen LogP contribution in [0.15, 0.2) is 54.7 Å². The second-order valence-corrected chi connectivity index (χ2v) is 10.2. The molecule has 3 heterocycles. The summed E-state index contributed by atoms with van der Waals surface area (Å²) in [6.07, 6.45) is 10.9. The largest absolute Gasteiger partial charge is 0.350 e. The lowest BCUT2D eigenvalue weighted by Crippen LogP contribution is -2.30. The number of nitrogens with two attached hydrogens (primary N) is 1. The molecule has 34 heavy (non-hydrogen) atoms. The first-order valence-electron chi connectivity index (χ1n) is 12.9. The average Bonchev–Trinajstić information content (AvgIpc) is 3.47. The van der Waals surface area contributed by atoms with E-state index in [0.717, 1.165) is 49.7 Å². The Balaban J connectivity index is 1.28. The molecule has 6 nitrogen and oxygen atoms in total. The molecule has 2 atom stereocenters. The van der Waals surface area contributed by atoms with Gasteiger partial charge in [-0.2, -0.15) is 0 Å². The highest BCUT2D eigenvalue weighted by Gasteiger charge is 2.23. The van der Waals surface area contributed by atoms with Crippen LogP contribution in [-0.2, 0) is 6.54 Å². The van der Waals surface area contributed by atoms with Crippen LogP contribution in [0.2, 0.25) is 0 Å². The summed E-state index contributed by atoms with van der Waals surface area (Å²) in [5.74, 6) is 1.06. The third-order valence-corrected chi connectivity index (χ3v) is 7.59. The van der Waals surface area contributed by atoms with Crippen LogP contribution in [0.3, 0.4) is 0 Å². The number of likely N-dealkylation sites (tertiary alicyclic amines) is 1. The number of hydrogen-bond donors (Lipinski definition) is 2. The van der Waals surface area contributed by atoms with Gasteiger partial charge >= 0.3 is 0 Å². The van der Waals surface area contributed by atoms with E-state index >= 15 is 0 Å². The third kappa shape index (κ3) is 5.50. The summed E-state index contributed by atoms with van der Waals surface area (Å²) in [7, 11) is 0. The van der Waals surface area contributed by atoms with Crippen LogP contribution in [0.25, 0.3) is 5.65 Å². The van der Waals surface area contributed by atoms with E-state index in [1.54, 1.807) is 0 Å². The first-order valence-corrected chi connectivity index (χ1v) is 12.9. The van der Waals surface area contributed by atoms with E-state index in [0.29, 0.717) is 18.2 Å². The molecule has 2 fully saturated rings. The number of carbonyl (C=O) groups excluding carboxylic acids is 1.